The van der Waals surface area contributed by atoms with Crippen LogP contribution in [0.5, 0.6) is 0 Å². The molecule has 1 aliphatic rings. The molecule has 0 nitrogen and oxygen atoms in total. The molecule has 0 radical (unpaired) electrons. The minimum Gasteiger partial charge on any atom is -0.160 e. The molecule has 0 spiro atoms. The van der Waals surface area contributed by atoms with Crippen LogP contribution in [0.3, 0.4) is 0 Å². The van der Waals surface area contributed by atoms with Crippen LogP contribution in [0, 0.1) is 0 Å². The summed E-state index contributed by atoms with van der Waals surface area (Å²) < 4.78 is 0. The first kappa shape index (κ1) is 6.50. The average molecular weight is 149 g/mol. The van der Waals surface area contributed by atoms with Gasteiger partial charge in [0.1, 0.15) is 0 Å². The number of rotatable bonds is 1. The topological polar surface area (TPSA) is 0 Å². The number of hydrogen-bond acceptors (Lipinski definition) is 1. The maximum atomic E-state index is 5.87. The highest BCUT2D eigenvalue weighted by molar-refractivity contribution is 7.99. The summed E-state index contributed by atoms with van der Waals surface area (Å²) in [6.45, 7) is 0. The molecule has 0 fully saturated rings. The van der Waals surface area contributed by atoms with Crippen molar-refractivity contribution >= 4 is 23.4 Å². The van der Waals surface area contributed by atoms with Gasteiger partial charge in [0.05, 0.1) is 5.38 Å². The smallest absolute Gasteiger partial charge is 0.0637 e. The molecule has 0 N–H and O–H groups in total. The number of thioether (sulfide) groups is 1. The van der Waals surface area contributed by atoms with Gasteiger partial charge in [0.2, 0.25) is 0 Å². The van der Waals surface area contributed by atoms with Crippen LogP contribution >= 0.6 is 23.4 Å². The van der Waals surface area contributed by atoms with Gasteiger partial charge in [0, 0.05) is 5.25 Å². The zero-order valence-electron chi connectivity index (χ0n) is 4.80. The van der Waals surface area contributed by atoms with Crippen LogP contribution in [0.4, 0.5) is 0 Å². The molecule has 1 rings (SSSR count). The number of allylic oxidation sites excluding steroid dienone is 2. The third kappa shape index (κ3) is 1.20. The monoisotopic (exact) mass is 148 g/mol. The van der Waals surface area contributed by atoms with E-state index in [2.05, 4.69) is 18.4 Å². The Bertz CT molecular complexity index is 101. The highest BCUT2D eigenvalue weighted by Crippen LogP contribution is 2.26. The molecular weight excluding hydrogens is 140 g/mol. The maximum Gasteiger partial charge on any atom is 0.0637 e. The number of halogens is 1. The summed E-state index contributed by atoms with van der Waals surface area (Å²) in [4.78, 5) is 0. The van der Waals surface area contributed by atoms with Gasteiger partial charge in [-0.2, -0.15) is 11.8 Å². The fourth-order valence-electron chi connectivity index (χ4n) is 0.823. The van der Waals surface area contributed by atoms with E-state index < -0.39 is 0 Å². The van der Waals surface area contributed by atoms with Crippen LogP contribution in [-0.4, -0.2) is 16.9 Å². The Hall–Kier alpha value is 0.380. The Morgan fingerprint density at radius 3 is 2.75 bits per heavy atom. The molecule has 0 aromatic rings. The largest absolute Gasteiger partial charge is 0.160 e. The van der Waals surface area contributed by atoms with E-state index in [1.54, 1.807) is 0 Å². The Kier molecular flexibility index (Phi) is 2.27. The molecule has 1 aliphatic carbocycles. The van der Waals surface area contributed by atoms with Crippen molar-refractivity contribution in [3.8, 4) is 0 Å². The van der Waals surface area contributed by atoms with Gasteiger partial charge in [-0.05, 0) is 12.7 Å². The van der Waals surface area contributed by atoms with Crippen molar-refractivity contribution in [2.45, 2.75) is 17.0 Å². The van der Waals surface area contributed by atoms with Crippen molar-refractivity contribution in [3.05, 3.63) is 12.2 Å². The van der Waals surface area contributed by atoms with E-state index in [9.17, 15) is 0 Å². The molecule has 0 amide bonds. The summed E-state index contributed by atoms with van der Waals surface area (Å²) in [5, 5.41) is 0.918. The molecule has 0 aromatic carbocycles. The molecule has 0 aliphatic heterocycles. The van der Waals surface area contributed by atoms with Crippen molar-refractivity contribution in [1.82, 2.24) is 0 Å². The first-order valence-corrected chi connectivity index (χ1v) is 4.40. The van der Waals surface area contributed by atoms with Crippen molar-refractivity contribution in [2.75, 3.05) is 6.26 Å². The third-order valence-electron chi connectivity index (χ3n) is 1.35. The van der Waals surface area contributed by atoms with Crippen LogP contribution < -0.4 is 0 Å². The predicted molar refractivity (Wildman–Crippen MR) is 40.7 cm³/mol. The molecule has 0 saturated carbocycles. The zero-order chi connectivity index (χ0) is 5.98. The van der Waals surface area contributed by atoms with Gasteiger partial charge in [-0.15, -0.1) is 11.6 Å². The van der Waals surface area contributed by atoms with E-state index in [0.717, 1.165) is 6.42 Å². The van der Waals surface area contributed by atoms with Crippen molar-refractivity contribution < 1.29 is 0 Å². The van der Waals surface area contributed by atoms with E-state index in [1.807, 2.05) is 11.8 Å². The van der Waals surface area contributed by atoms with E-state index in [4.69, 9.17) is 11.6 Å². The second kappa shape index (κ2) is 2.79. The highest BCUT2D eigenvalue weighted by atomic mass is 35.5. The van der Waals surface area contributed by atoms with Gasteiger partial charge in [-0.3, -0.25) is 0 Å². The quantitative estimate of drug-likeness (QED) is 0.406. The second-order valence-corrected chi connectivity index (χ2v) is 3.46. The van der Waals surface area contributed by atoms with Gasteiger partial charge >= 0.3 is 0 Å². The van der Waals surface area contributed by atoms with Crippen LogP contribution in [0.25, 0.3) is 0 Å². The van der Waals surface area contributed by atoms with Crippen LogP contribution in [0.2, 0.25) is 0 Å². The Morgan fingerprint density at radius 1 is 1.75 bits per heavy atom. The molecule has 0 aromatic heterocycles. The number of alkyl halides is 1. The standard InChI is InChI=1S/C6H9ClS/c1-8-6-4-2-3-5(6)7/h2-3,5-6H,4H2,1H3. The van der Waals surface area contributed by atoms with Gasteiger partial charge in [-0.1, -0.05) is 12.2 Å². The van der Waals surface area contributed by atoms with E-state index in [1.165, 1.54) is 0 Å². The summed E-state index contributed by atoms with van der Waals surface area (Å²) in [5.74, 6) is 0. The predicted octanol–water partition coefficient (Wildman–Crippen LogP) is 2.29. The van der Waals surface area contributed by atoms with E-state index in [-0.39, 0.29) is 5.38 Å². The summed E-state index contributed by atoms with van der Waals surface area (Å²) >= 11 is 7.72. The van der Waals surface area contributed by atoms with Gasteiger partial charge in [-0.25, -0.2) is 0 Å². The van der Waals surface area contributed by atoms with Gasteiger partial charge < -0.3 is 0 Å². The molecule has 8 heavy (non-hydrogen) atoms. The Morgan fingerprint density at radius 2 is 2.50 bits per heavy atom. The first-order chi connectivity index (χ1) is 3.84. The van der Waals surface area contributed by atoms with Crippen LogP contribution in [0.1, 0.15) is 6.42 Å². The SMILES string of the molecule is CSC1CC=CC1Cl. The van der Waals surface area contributed by atoms with Crippen molar-refractivity contribution in [3.63, 3.8) is 0 Å². The number of hydrogen-bond donors (Lipinski definition) is 0. The fraction of sp³-hybridized carbons (Fsp3) is 0.667. The molecule has 2 unspecified atom stereocenters. The zero-order valence-corrected chi connectivity index (χ0v) is 6.38. The van der Waals surface area contributed by atoms with Crippen LogP contribution in [0.15, 0.2) is 12.2 Å². The molecule has 0 bridgehead atoms. The molecular formula is C6H9ClS. The Labute approximate surface area is 59.3 Å². The summed E-state index contributed by atoms with van der Waals surface area (Å²) in [7, 11) is 0. The summed E-state index contributed by atoms with van der Waals surface area (Å²) in [6, 6.07) is 0. The molecule has 46 valence electrons. The Balaban J connectivity index is 2.38. The third-order valence-corrected chi connectivity index (χ3v) is 3.04. The van der Waals surface area contributed by atoms with E-state index in [0.29, 0.717) is 5.25 Å². The van der Waals surface area contributed by atoms with Crippen LogP contribution in [-0.2, 0) is 0 Å². The molecule has 2 atom stereocenters. The lowest BCUT2D eigenvalue weighted by Crippen LogP contribution is -2.07. The fourth-order valence-corrected chi connectivity index (χ4v) is 1.99. The van der Waals surface area contributed by atoms with Gasteiger partial charge in [0.25, 0.3) is 0 Å². The maximum absolute atomic E-state index is 5.87. The average Bonchev–Trinajstić information content (AvgIpc) is 2.14. The lowest BCUT2D eigenvalue weighted by molar-refractivity contribution is 0.962. The van der Waals surface area contributed by atoms with Crippen molar-refractivity contribution in [1.29, 1.82) is 0 Å². The van der Waals surface area contributed by atoms with E-state index >= 15 is 0 Å². The normalized spacial score (nSPS) is 36.2. The summed E-state index contributed by atoms with van der Waals surface area (Å²) in [6.07, 6.45) is 7.48. The first-order valence-electron chi connectivity index (χ1n) is 2.68. The lowest BCUT2D eigenvalue weighted by Gasteiger charge is -2.07. The summed E-state index contributed by atoms with van der Waals surface area (Å²) in [5.41, 5.74) is 0. The van der Waals surface area contributed by atoms with Crippen molar-refractivity contribution in [2.24, 2.45) is 0 Å². The highest BCUT2D eigenvalue weighted by Gasteiger charge is 2.18. The molecule has 0 heterocycles. The molecule has 2 heteroatoms. The van der Waals surface area contributed by atoms with Gasteiger partial charge in [0.15, 0.2) is 0 Å². The minimum absolute atomic E-state index is 0.282. The molecule has 0 saturated heterocycles. The minimum atomic E-state index is 0.282. The lowest BCUT2D eigenvalue weighted by atomic mass is 10.3. The second-order valence-electron chi connectivity index (χ2n) is 1.88.